The molecule has 0 atom stereocenters. The molecule has 3 rings (SSSR count). The lowest BCUT2D eigenvalue weighted by molar-refractivity contribution is -0.149. The van der Waals surface area contributed by atoms with E-state index in [-0.39, 0.29) is 24.5 Å². The fraction of sp³-hybridized carbons (Fsp3) is 0.321. The normalized spacial score (nSPS) is 10.9. The summed E-state index contributed by atoms with van der Waals surface area (Å²) in [6.45, 7) is 7.59. The van der Waals surface area contributed by atoms with Crippen molar-refractivity contribution in [1.29, 1.82) is 0 Å². The Hall–Kier alpha value is -3.34. The number of carbonyl (C=O) groups is 1. The average Bonchev–Trinajstić information content (AvgIpc) is 2.77. The van der Waals surface area contributed by atoms with Gasteiger partial charge < -0.3 is 14.2 Å². The summed E-state index contributed by atoms with van der Waals surface area (Å²) in [6, 6.07) is 16.5. The molecule has 0 saturated heterocycles. The van der Waals surface area contributed by atoms with E-state index in [1.54, 1.807) is 13.2 Å². The number of carbonyl (C=O) groups excluding carboxylic acids is 1. The first-order chi connectivity index (χ1) is 15.8. The van der Waals surface area contributed by atoms with Crippen LogP contribution in [0.2, 0.25) is 0 Å². The van der Waals surface area contributed by atoms with Crippen molar-refractivity contribution in [3.63, 3.8) is 0 Å². The Morgan fingerprint density at radius 2 is 1.76 bits per heavy atom. The van der Waals surface area contributed by atoms with E-state index in [1.165, 1.54) is 17.7 Å². The smallest absolute Gasteiger partial charge is 0.344 e. The van der Waals surface area contributed by atoms with Crippen LogP contribution in [0.25, 0.3) is 11.1 Å². The van der Waals surface area contributed by atoms with Gasteiger partial charge in [-0.05, 0) is 104 Å². The van der Waals surface area contributed by atoms with Crippen molar-refractivity contribution in [1.82, 2.24) is 0 Å². The van der Waals surface area contributed by atoms with E-state index in [1.807, 2.05) is 51.1 Å². The highest BCUT2D eigenvalue weighted by Crippen LogP contribution is 2.29. The summed E-state index contributed by atoms with van der Waals surface area (Å²) in [6.07, 6.45) is 1.40. The number of hydrogen-bond donors (Lipinski definition) is 0. The van der Waals surface area contributed by atoms with Crippen LogP contribution in [-0.2, 0) is 22.4 Å². The number of hydrogen-bond acceptors (Lipinski definition) is 4. The second-order valence-electron chi connectivity index (χ2n) is 8.39. The third-order valence-electron chi connectivity index (χ3n) is 5.52. The molecule has 4 nitrogen and oxygen atoms in total. The van der Waals surface area contributed by atoms with Crippen molar-refractivity contribution >= 4 is 5.97 Å². The first-order valence-corrected chi connectivity index (χ1v) is 11.1. The molecule has 0 radical (unpaired) electrons. The summed E-state index contributed by atoms with van der Waals surface area (Å²) in [5.41, 5.74) is 6.18. The summed E-state index contributed by atoms with van der Waals surface area (Å²) in [5.74, 6) is 0.772. The zero-order valence-electron chi connectivity index (χ0n) is 19.9. The van der Waals surface area contributed by atoms with Gasteiger partial charge >= 0.3 is 5.97 Å². The van der Waals surface area contributed by atoms with Gasteiger partial charge in [-0.2, -0.15) is 0 Å². The highest BCUT2D eigenvalue weighted by atomic mass is 19.1. The molecule has 3 aromatic rings. The summed E-state index contributed by atoms with van der Waals surface area (Å²) in [7, 11) is 1.63. The van der Waals surface area contributed by atoms with Crippen LogP contribution in [0.4, 0.5) is 4.39 Å². The van der Waals surface area contributed by atoms with Gasteiger partial charge in [-0.3, -0.25) is 0 Å². The summed E-state index contributed by atoms with van der Waals surface area (Å²) in [5, 5.41) is 0. The molecule has 3 aromatic carbocycles. The predicted molar refractivity (Wildman–Crippen MR) is 128 cm³/mol. The molecule has 0 aromatic heterocycles. The molecule has 0 bridgehead atoms. The van der Waals surface area contributed by atoms with Gasteiger partial charge in [-0.15, -0.1) is 0 Å². The molecule has 0 saturated carbocycles. The van der Waals surface area contributed by atoms with E-state index in [2.05, 4.69) is 13.0 Å². The van der Waals surface area contributed by atoms with Crippen molar-refractivity contribution in [3.8, 4) is 22.6 Å². The molecule has 0 aliphatic carbocycles. The zero-order chi connectivity index (χ0) is 24.0. The van der Waals surface area contributed by atoms with E-state index in [0.29, 0.717) is 5.75 Å². The SMILES string of the molecule is COc1cc(CCc2c(C)ccc(OCC(=O)OC(C)C)c2C)cc(-c2cccc(F)c2)c1. The van der Waals surface area contributed by atoms with E-state index >= 15 is 0 Å². The quantitative estimate of drug-likeness (QED) is 0.362. The highest BCUT2D eigenvalue weighted by molar-refractivity contribution is 5.71. The molecule has 0 N–H and O–H groups in total. The molecule has 5 heteroatoms. The maximum Gasteiger partial charge on any atom is 0.344 e. The Labute approximate surface area is 195 Å². The number of benzene rings is 3. The minimum Gasteiger partial charge on any atom is -0.497 e. The van der Waals surface area contributed by atoms with Gasteiger partial charge in [0.05, 0.1) is 13.2 Å². The third-order valence-corrected chi connectivity index (χ3v) is 5.52. The number of rotatable bonds is 9. The topological polar surface area (TPSA) is 44.8 Å². The lowest BCUT2D eigenvalue weighted by atomic mass is 9.94. The van der Waals surface area contributed by atoms with Crippen LogP contribution in [0.3, 0.4) is 0 Å². The van der Waals surface area contributed by atoms with Crippen molar-refractivity contribution in [2.75, 3.05) is 13.7 Å². The van der Waals surface area contributed by atoms with Gasteiger partial charge in [0.25, 0.3) is 0 Å². The first-order valence-electron chi connectivity index (χ1n) is 11.1. The Morgan fingerprint density at radius 3 is 2.45 bits per heavy atom. The van der Waals surface area contributed by atoms with E-state index in [0.717, 1.165) is 46.4 Å². The maximum atomic E-state index is 13.7. The largest absolute Gasteiger partial charge is 0.497 e. The number of methoxy groups -OCH3 is 1. The predicted octanol–water partition coefficient (Wildman–Crippen LogP) is 6.23. The highest BCUT2D eigenvalue weighted by Gasteiger charge is 2.13. The Bertz CT molecular complexity index is 1120. The molecule has 0 fully saturated rings. The zero-order valence-corrected chi connectivity index (χ0v) is 19.9. The maximum absolute atomic E-state index is 13.7. The average molecular weight is 451 g/mol. The fourth-order valence-electron chi connectivity index (χ4n) is 3.87. The van der Waals surface area contributed by atoms with Crippen LogP contribution < -0.4 is 9.47 Å². The summed E-state index contributed by atoms with van der Waals surface area (Å²) in [4.78, 5) is 11.8. The number of ether oxygens (including phenoxy) is 3. The monoisotopic (exact) mass is 450 g/mol. The van der Waals surface area contributed by atoms with Crippen molar-refractivity contribution in [2.45, 2.75) is 46.6 Å². The fourth-order valence-corrected chi connectivity index (χ4v) is 3.87. The second kappa shape index (κ2) is 11.0. The minimum absolute atomic E-state index is 0.117. The van der Waals surface area contributed by atoms with Crippen LogP contribution >= 0.6 is 0 Å². The second-order valence-corrected chi connectivity index (χ2v) is 8.39. The summed E-state index contributed by atoms with van der Waals surface area (Å²) < 4.78 is 30.1. The van der Waals surface area contributed by atoms with E-state index in [4.69, 9.17) is 14.2 Å². The first kappa shape index (κ1) is 24.3. The molecule has 0 unspecified atom stereocenters. The lowest BCUT2D eigenvalue weighted by Crippen LogP contribution is -2.19. The minimum atomic E-state index is -0.382. The molecule has 0 heterocycles. The van der Waals surface area contributed by atoms with Gasteiger partial charge in [0.15, 0.2) is 6.61 Å². The molecule has 0 aliphatic rings. The van der Waals surface area contributed by atoms with E-state index < -0.39 is 0 Å². The van der Waals surface area contributed by atoms with Gasteiger partial charge in [-0.1, -0.05) is 24.3 Å². The molecular weight excluding hydrogens is 419 g/mol. The number of esters is 1. The van der Waals surface area contributed by atoms with Crippen molar-refractivity contribution < 1.29 is 23.4 Å². The van der Waals surface area contributed by atoms with Crippen molar-refractivity contribution in [3.05, 3.63) is 82.7 Å². The van der Waals surface area contributed by atoms with Crippen LogP contribution in [0.1, 0.15) is 36.1 Å². The van der Waals surface area contributed by atoms with Gasteiger partial charge in [0.2, 0.25) is 0 Å². The number of halogens is 1. The summed E-state index contributed by atoms with van der Waals surface area (Å²) >= 11 is 0. The molecule has 174 valence electrons. The van der Waals surface area contributed by atoms with Crippen molar-refractivity contribution in [2.24, 2.45) is 0 Å². The molecular formula is C28H31FO4. The Balaban J connectivity index is 1.79. The van der Waals surface area contributed by atoms with Crippen LogP contribution in [0.15, 0.2) is 54.6 Å². The molecule has 0 spiro atoms. The van der Waals surface area contributed by atoms with E-state index in [9.17, 15) is 9.18 Å². The van der Waals surface area contributed by atoms with Gasteiger partial charge in [-0.25, -0.2) is 9.18 Å². The third kappa shape index (κ3) is 6.58. The Kier molecular flexibility index (Phi) is 8.10. The Morgan fingerprint density at radius 1 is 0.970 bits per heavy atom. The number of aryl methyl sites for hydroxylation is 2. The van der Waals surface area contributed by atoms with Crippen LogP contribution in [-0.4, -0.2) is 25.8 Å². The van der Waals surface area contributed by atoms with Gasteiger partial charge in [0, 0.05) is 0 Å². The van der Waals surface area contributed by atoms with Crippen LogP contribution in [0, 0.1) is 19.7 Å². The molecule has 0 amide bonds. The van der Waals surface area contributed by atoms with Crippen LogP contribution in [0.5, 0.6) is 11.5 Å². The lowest BCUT2D eigenvalue weighted by Gasteiger charge is -2.16. The standard InChI is InChI=1S/C28H31FO4/c1-18(2)33-28(30)17-32-27-12-9-19(3)26(20(27)4)11-10-21-13-23(16-25(14-21)31-5)22-7-6-8-24(29)15-22/h6-9,12-16,18H,10-11,17H2,1-5H3. The van der Waals surface area contributed by atoms with Gasteiger partial charge in [0.1, 0.15) is 17.3 Å². The molecule has 0 aliphatic heterocycles. The molecule has 33 heavy (non-hydrogen) atoms.